The van der Waals surface area contributed by atoms with Crippen molar-refractivity contribution >= 4 is 23.6 Å². The van der Waals surface area contributed by atoms with E-state index in [1.807, 2.05) is 13.8 Å². The topological polar surface area (TPSA) is 66.4 Å². The summed E-state index contributed by atoms with van der Waals surface area (Å²) in [5.74, 6) is -0.925. The van der Waals surface area contributed by atoms with Gasteiger partial charge < -0.3 is 10.4 Å². The fourth-order valence-corrected chi connectivity index (χ4v) is 1.16. The molecule has 0 aromatic heterocycles. The van der Waals surface area contributed by atoms with Crippen LogP contribution in [0.15, 0.2) is 0 Å². The molecule has 0 aliphatic carbocycles. The highest BCUT2D eigenvalue weighted by Crippen LogP contribution is 2.07. The van der Waals surface area contributed by atoms with Crippen LogP contribution in [-0.4, -0.2) is 34.0 Å². The SMILES string of the molecule is CC(C)SCC(=O)N[C@H](C)C(=O)O. The Morgan fingerprint density at radius 1 is 1.38 bits per heavy atom. The lowest BCUT2D eigenvalue weighted by atomic mass is 10.3. The van der Waals surface area contributed by atoms with Crippen molar-refractivity contribution in [3.05, 3.63) is 0 Å². The molecule has 76 valence electrons. The lowest BCUT2D eigenvalue weighted by molar-refractivity contribution is -0.140. The van der Waals surface area contributed by atoms with Gasteiger partial charge >= 0.3 is 5.97 Å². The maximum atomic E-state index is 11.1. The molecule has 0 aromatic carbocycles. The molecular formula is C8H15NO3S. The van der Waals surface area contributed by atoms with Crippen molar-refractivity contribution in [2.75, 3.05) is 5.75 Å². The van der Waals surface area contributed by atoms with E-state index in [0.717, 1.165) is 0 Å². The molecule has 1 amide bonds. The van der Waals surface area contributed by atoms with Crippen molar-refractivity contribution < 1.29 is 14.7 Å². The molecule has 0 aliphatic rings. The molecule has 0 rings (SSSR count). The lowest BCUT2D eigenvalue weighted by Gasteiger charge is -2.09. The van der Waals surface area contributed by atoms with Gasteiger partial charge in [-0.25, -0.2) is 0 Å². The summed E-state index contributed by atoms with van der Waals surface area (Å²) < 4.78 is 0. The van der Waals surface area contributed by atoms with Crippen molar-refractivity contribution in [2.24, 2.45) is 0 Å². The third-order valence-electron chi connectivity index (χ3n) is 1.30. The number of rotatable bonds is 5. The van der Waals surface area contributed by atoms with E-state index in [9.17, 15) is 9.59 Å². The van der Waals surface area contributed by atoms with Crippen LogP contribution in [-0.2, 0) is 9.59 Å². The summed E-state index contributed by atoms with van der Waals surface area (Å²) in [6, 6.07) is -0.805. The highest BCUT2D eigenvalue weighted by atomic mass is 32.2. The Bertz CT molecular complexity index is 194. The standard InChI is InChI=1S/C8H15NO3S/c1-5(2)13-4-7(10)9-6(3)8(11)12/h5-6H,4H2,1-3H3,(H,9,10)(H,11,12)/t6-/m1/s1. The van der Waals surface area contributed by atoms with Gasteiger partial charge in [-0.15, -0.1) is 11.8 Å². The Morgan fingerprint density at radius 3 is 2.31 bits per heavy atom. The summed E-state index contributed by atoms with van der Waals surface area (Å²) in [6.45, 7) is 5.41. The third kappa shape index (κ3) is 6.45. The zero-order chi connectivity index (χ0) is 10.4. The minimum atomic E-state index is -1.01. The van der Waals surface area contributed by atoms with Gasteiger partial charge in [0.25, 0.3) is 0 Å². The van der Waals surface area contributed by atoms with Crippen LogP contribution in [0.2, 0.25) is 0 Å². The zero-order valence-corrected chi connectivity index (χ0v) is 8.85. The lowest BCUT2D eigenvalue weighted by Crippen LogP contribution is -2.39. The number of hydrogen-bond acceptors (Lipinski definition) is 3. The first-order valence-corrected chi connectivity index (χ1v) is 5.12. The number of carbonyl (C=O) groups is 2. The monoisotopic (exact) mass is 205 g/mol. The Kier molecular flexibility index (Phi) is 5.53. The van der Waals surface area contributed by atoms with Crippen LogP contribution in [0.25, 0.3) is 0 Å². The molecule has 0 heterocycles. The third-order valence-corrected chi connectivity index (χ3v) is 2.39. The second kappa shape index (κ2) is 5.85. The molecule has 13 heavy (non-hydrogen) atoms. The van der Waals surface area contributed by atoms with Crippen LogP contribution in [0.4, 0.5) is 0 Å². The molecule has 0 saturated heterocycles. The summed E-state index contributed by atoms with van der Waals surface area (Å²) in [7, 11) is 0. The van der Waals surface area contributed by atoms with Crippen LogP contribution in [0.5, 0.6) is 0 Å². The second-order valence-electron chi connectivity index (χ2n) is 2.99. The molecule has 1 atom stereocenters. The average molecular weight is 205 g/mol. The minimum Gasteiger partial charge on any atom is -0.480 e. The number of carboxylic acid groups (broad SMARTS) is 1. The first-order valence-electron chi connectivity index (χ1n) is 4.07. The molecule has 0 fully saturated rings. The Labute approximate surface area is 82.1 Å². The fourth-order valence-electron chi connectivity index (χ4n) is 0.587. The predicted molar refractivity (Wildman–Crippen MR) is 52.8 cm³/mol. The number of aliphatic carboxylic acids is 1. The summed E-state index contributed by atoms with van der Waals surface area (Å²) in [5, 5.41) is 11.2. The normalized spacial score (nSPS) is 12.6. The number of nitrogens with one attached hydrogen (secondary N) is 1. The highest BCUT2D eigenvalue weighted by Gasteiger charge is 2.13. The molecule has 0 aliphatic heterocycles. The molecule has 0 spiro atoms. The van der Waals surface area contributed by atoms with Crippen molar-refractivity contribution in [2.45, 2.75) is 32.1 Å². The van der Waals surface area contributed by atoms with E-state index >= 15 is 0 Å². The van der Waals surface area contributed by atoms with Crippen molar-refractivity contribution in [1.29, 1.82) is 0 Å². The maximum Gasteiger partial charge on any atom is 0.325 e. The molecular weight excluding hydrogens is 190 g/mol. The molecule has 0 aromatic rings. The predicted octanol–water partition coefficient (Wildman–Crippen LogP) is 0.717. The quantitative estimate of drug-likeness (QED) is 0.694. The van der Waals surface area contributed by atoms with Gasteiger partial charge in [-0.05, 0) is 12.2 Å². The Hall–Kier alpha value is -0.710. The smallest absolute Gasteiger partial charge is 0.325 e. The summed E-state index contributed by atoms with van der Waals surface area (Å²) in [6.07, 6.45) is 0. The highest BCUT2D eigenvalue weighted by molar-refractivity contribution is 8.00. The van der Waals surface area contributed by atoms with Gasteiger partial charge in [0.05, 0.1) is 5.75 Å². The second-order valence-corrected chi connectivity index (χ2v) is 4.55. The van der Waals surface area contributed by atoms with Gasteiger partial charge in [0.1, 0.15) is 6.04 Å². The summed E-state index contributed by atoms with van der Waals surface area (Å²) in [4.78, 5) is 21.4. The van der Waals surface area contributed by atoms with Gasteiger partial charge in [0.2, 0.25) is 5.91 Å². The van der Waals surface area contributed by atoms with Gasteiger partial charge in [-0.2, -0.15) is 0 Å². The molecule has 0 saturated carbocycles. The van der Waals surface area contributed by atoms with Gasteiger partial charge in [-0.3, -0.25) is 9.59 Å². The summed E-state index contributed by atoms with van der Waals surface area (Å²) in [5.41, 5.74) is 0. The fraction of sp³-hybridized carbons (Fsp3) is 0.750. The van der Waals surface area contributed by atoms with Crippen LogP contribution in [0, 0.1) is 0 Å². The number of carbonyl (C=O) groups excluding carboxylic acids is 1. The average Bonchev–Trinajstić information content (AvgIpc) is 2.00. The first-order chi connectivity index (χ1) is 5.93. The van der Waals surface area contributed by atoms with Crippen molar-refractivity contribution in [1.82, 2.24) is 5.32 Å². The molecule has 5 heteroatoms. The molecule has 0 unspecified atom stereocenters. The largest absolute Gasteiger partial charge is 0.480 e. The zero-order valence-electron chi connectivity index (χ0n) is 8.03. The number of thioether (sulfide) groups is 1. The van der Waals surface area contributed by atoms with Crippen molar-refractivity contribution in [3.63, 3.8) is 0 Å². The van der Waals surface area contributed by atoms with Gasteiger partial charge in [-0.1, -0.05) is 13.8 Å². The van der Waals surface area contributed by atoms with E-state index in [4.69, 9.17) is 5.11 Å². The van der Waals surface area contributed by atoms with E-state index in [1.54, 1.807) is 0 Å². The molecule has 0 bridgehead atoms. The van der Waals surface area contributed by atoms with Crippen LogP contribution < -0.4 is 5.32 Å². The minimum absolute atomic E-state index is 0.228. The Balaban J connectivity index is 3.68. The van der Waals surface area contributed by atoms with Crippen LogP contribution in [0.1, 0.15) is 20.8 Å². The van der Waals surface area contributed by atoms with E-state index in [-0.39, 0.29) is 5.91 Å². The number of carboxylic acids is 1. The summed E-state index contributed by atoms with van der Waals surface area (Å²) >= 11 is 1.49. The number of hydrogen-bond donors (Lipinski definition) is 2. The number of amides is 1. The molecule has 2 N–H and O–H groups in total. The Morgan fingerprint density at radius 2 is 1.92 bits per heavy atom. The maximum absolute atomic E-state index is 11.1. The first kappa shape index (κ1) is 12.3. The van der Waals surface area contributed by atoms with E-state index in [0.29, 0.717) is 11.0 Å². The van der Waals surface area contributed by atoms with Gasteiger partial charge in [0.15, 0.2) is 0 Å². The molecule has 0 radical (unpaired) electrons. The van der Waals surface area contributed by atoms with Crippen LogP contribution in [0.3, 0.4) is 0 Å². The van der Waals surface area contributed by atoms with Crippen LogP contribution >= 0.6 is 11.8 Å². The van der Waals surface area contributed by atoms with Gasteiger partial charge in [0, 0.05) is 0 Å². The van der Waals surface area contributed by atoms with E-state index < -0.39 is 12.0 Å². The molecule has 4 nitrogen and oxygen atoms in total. The van der Waals surface area contributed by atoms with E-state index in [1.165, 1.54) is 18.7 Å². The van der Waals surface area contributed by atoms with E-state index in [2.05, 4.69) is 5.32 Å². The van der Waals surface area contributed by atoms with Crippen molar-refractivity contribution in [3.8, 4) is 0 Å².